The van der Waals surface area contributed by atoms with Gasteiger partial charge in [-0.2, -0.15) is 18.3 Å². The monoisotopic (exact) mass is 263 g/mol. The molecule has 0 radical (unpaired) electrons. The smallest absolute Gasteiger partial charge is 0.406 e. The SMILES string of the molecule is Cn1ncc(C(=O)O)c1CNC1(C(F)(F)F)CC1. The number of carbonyl (C=O) groups is 1. The quantitative estimate of drug-likeness (QED) is 0.859. The van der Waals surface area contributed by atoms with E-state index < -0.39 is 17.7 Å². The zero-order chi connectivity index (χ0) is 13.6. The zero-order valence-electron chi connectivity index (χ0n) is 9.58. The minimum Gasteiger partial charge on any atom is -0.478 e. The molecule has 100 valence electrons. The van der Waals surface area contributed by atoms with Crippen LogP contribution in [-0.2, 0) is 13.6 Å². The molecule has 1 fully saturated rings. The Hall–Kier alpha value is -1.57. The summed E-state index contributed by atoms with van der Waals surface area (Å²) in [4.78, 5) is 10.9. The molecule has 0 atom stereocenters. The predicted octanol–water partition coefficient (Wildman–Crippen LogP) is 1.30. The lowest BCUT2D eigenvalue weighted by molar-refractivity contribution is -0.166. The first-order chi connectivity index (χ1) is 8.27. The molecule has 2 N–H and O–H groups in total. The number of halogens is 3. The molecule has 1 aromatic heterocycles. The second-order valence-corrected chi connectivity index (χ2v) is 4.37. The van der Waals surface area contributed by atoms with Gasteiger partial charge in [0.2, 0.25) is 0 Å². The van der Waals surface area contributed by atoms with Crippen LogP contribution in [0.1, 0.15) is 28.9 Å². The van der Waals surface area contributed by atoms with Crippen LogP contribution < -0.4 is 5.32 Å². The van der Waals surface area contributed by atoms with Crippen molar-refractivity contribution in [1.29, 1.82) is 0 Å². The number of hydrogen-bond acceptors (Lipinski definition) is 3. The first-order valence-electron chi connectivity index (χ1n) is 5.33. The first kappa shape index (κ1) is 12.9. The summed E-state index contributed by atoms with van der Waals surface area (Å²) in [5.74, 6) is -1.20. The summed E-state index contributed by atoms with van der Waals surface area (Å²) in [6, 6.07) is 0. The van der Waals surface area contributed by atoms with Crippen LogP contribution in [0.5, 0.6) is 0 Å². The summed E-state index contributed by atoms with van der Waals surface area (Å²) in [6.45, 7) is -0.169. The summed E-state index contributed by atoms with van der Waals surface area (Å²) in [5.41, 5.74) is -1.70. The standard InChI is InChI=1S/C10H12F3N3O2/c1-16-7(6(4-15-16)8(17)18)5-14-9(2-3-9)10(11,12)13/h4,14H,2-3,5H2,1H3,(H,17,18). The molecule has 1 saturated carbocycles. The molecule has 0 unspecified atom stereocenters. The second kappa shape index (κ2) is 3.98. The van der Waals surface area contributed by atoms with Crippen molar-refractivity contribution in [3.63, 3.8) is 0 Å². The normalized spacial score (nSPS) is 17.8. The van der Waals surface area contributed by atoms with Crippen LogP contribution in [0.4, 0.5) is 13.2 Å². The van der Waals surface area contributed by atoms with E-state index in [2.05, 4.69) is 10.4 Å². The molecule has 0 spiro atoms. The number of carboxylic acids is 1. The number of aromatic nitrogens is 2. The Kier molecular flexibility index (Phi) is 2.84. The largest absolute Gasteiger partial charge is 0.478 e. The van der Waals surface area contributed by atoms with Gasteiger partial charge in [-0.15, -0.1) is 0 Å². The number of carboxylic acid groups (broad SMARTS) is 1. The molecule has 1 aliphatic rings. The minimum atomic E-state index is -4.31. The maximum atomic E-state index is 12.7. The van der Waals surface area contributed by atoms with Gasteiger partial charge >= 0.3 is 12.1 Å². The van der Waals surface area contributed by atoms with Crippen molar-refractivity contribution in [2.24, 2.45) is 7.05 Å². The van der Waals surface area contributed by atoms with Gasteiger partial charge in [0.1, 0.15) is 11.1 Å². The van der Waals surface area contributed by atoms with Gasteiger partial charge in [-0.3, -0.25) is 10.00 Å². The summed E-state index contributed by atoms with van der Waals surface area (Å²) in [7, 11) is 1.50. The highest BCUT2D eigenvalue weighted by Crippen LogP contribution is 2.49. The lowest BCUT2D eigenvalue weighted by Gasteiger charge is -2.20. The highest BCUT2D eigenvalue weighted by atomic mass is 19.4. The van der Waals surface area contributed by atoms with Gasteiger partial charge in [0.05, 0.1) is 11.9 Å². The molecular weight excluding hydrogens is 251 g/mol. The molecule has 0 amide bonds. The van der Waals surface area contributed by atoms with Gasteiger partial charge in [0.15, 0.2) is 0 Å². The van der Waals surface area contributed by atoms with Crippen molar-refractivity contribution >= 4 is 5.97 Å². The molecule has 0 saturated heterocycles. The summed E-state index contributed by atoms with van der Waals surface area (Å²) in [6.07, 6.45) is -3.13. The maximum Gasteiger partial charge on any atom is 0.406 e. The van der Waals surface area contributed by atoms with Crippen molar-refractivity contribution in [2.45, 2.75) is 31.1 Å². The van der Waals surface area contributed by atoms with Crippen LogP contribution in [0, 0.1) is 0 Å². The lowest BCUT2D eigenvalue weighted by Crippen LogP contribution is -2.44. The lowest BCUT2D eigenvalue weighted by atomic mass is 10.2. The van der Waals surface area contributed by atoms with Crippen molar-refractivity contribution in [3.05, 3.63) is 17.5 Å². The van der Waals surface area contributed by atoms with Crippen LogP contribution in [-0.4, -0.2) is 32.6 Å². The third-order valence-electron chi connectivity index (χ3n) is 3.18. The van der Waals surface area contributed by atoms with Crippen LogP contribution >= 0.6 is 0 Å². The topological polar surface area (TPSA) is 67.2 Å². The Morgan fingerprint density at radius 1 is 1.61 bits per heavy atom. The Morgan fingerprint density at radius 2 is 2.22 bits per heavy atom. The third-order valence-corrected chi connectivity index (χ3v) is 3.18. The van der Waals surface area contributed by atoms with E-state index in [9.17, 15) is 18.0 Å². The Labute approximate surface area is 101 Å². The molecule has 1 heterocycles. The van der Waals surface area contributed by atoms with Gasteiger partial charge in [-0.1, -0.05) is 0 Å². The van der Waals surface area contributed by atoms with Gasteiger partial charge < -0.3 is 5.11 Å². The number of alkyl halides is 3. The van der Waals surface area contributed by atoms with Crippen molar-refractivity contribution in [1.82, 2.24) is 15.1 Å². The molecule has 1 aromatic rings. The third kappa shape index (κ3) is 2.07. The maximum absolute atomic E-state index is 12.7. The molecule has 0 bridgehead atoms. The van der Waals surface area contributed by atoms with E-state index in [0.29, 0.717) is 0 Å². The van der Waals surface area contributed by atoms with E-state index >= 15 is 0 Å². The molecular formula is C10H12F3N3O2. The van der Waals surface area contributed by atoms with E-state index in [0.717, 1.165) is 6.20 Å². The van der Waals surface area contributed by atoms with E-state index in [1.807, 2.05) is 0 Å². The number of rotatable bonds is 4. The first-order valence-corrected chi connectivity index (χ1v) is 5.33. The number of nitrogens with one attached hydrogen (secondary N) is 1. The van der Waals surface area contributed by atoms with Crippen LogP contribution in [0.3, 0.4) is 0 Å². The van der Waals surface area contributed by atoms with Gasteiger partial charge in [0.25, 0.3) is 0 Å². The Bertz CT molecular complexity index is 477. The van der Waals surface area contributed by atoms with Crippen molar-refractivity contribution < 1.29 is 23.1 Å². The molecule has 1 aliphatic carbocycles. The van der Waals surface area contributed by atoms with Gasteiger partial charge in [-0.25, -0.2) is 4.79 Å². The molecule has 18 heavy (non-hydrogen) atoms. The van der Waals surface area contributed by atoms with Crippen LogP contribution in [0.25, 0.3) is 0 Å². The number of aryl methyl sites for hydroxylation is 1. The summed E-state index contributed by atoms with van der Waals surface area (Å²) >= 11 is 0. The fourth-order valence-corrected chi connectivity index (χ4v) is 1.79. The molecule has 5 nitrogen and oxygen atoms in total. The molecule has 0 aliphatic heterocycles. The van der Waals surface area contributed by atoms with Gasteiger partial charge in [0, 0.05) is 13.6 Å². The van der Waals surface area contributed by atoms with Crippen LogP contribution in [0.15, 0.2) is 6.20 Å². The van der Waals surface area contributed by atoms with E-state index in [1.54, 1.807) is 0 Å². The van der Waals surface area contributed by atoms with E-state index in [-0.39, 0.29) is 30.6 Å². The zero-order valence-corrected chi connectivity index (χ0v) is 9.58. The number of hydrogen-bond donors (Lipinski definition) is 2. The van der Waals surface area contributed by atoms with Crippen LogP contribution in [0.2, 0.25) is 0 Å². The average molecular weight is 263 g/mol. The van der Waals surface area contributed by atoms with Crippen molar-refractivity contribution in [2.75, 3.05) is 0 Å². The molecule has 0 aromatic carbocycles. The van der Waals surface area contributed by atoms with E-state index in [4.69, 9.17) is 5.11 Å². The highest BCUT2D eigenvalue weighted by molar-refractivity contribution is 5.88. The summed E-state index contributed by atoms with van der Waals surface area (Å²) in [5, 5.41) is 15.0. The summed E-state index contributed by atoms with van der Waals surface area (Å²) < 4.78 is 39.3. The predicted molar refractivity (Wildman–Crippen MR) is 55.0 cm³/mol. The number of aromatic carboxylic acids is 1. The second-order valence-electron chi connectivity index (χ2n) is 4.37. The average Bonchev–Trinajstić information content (AvgIpc) is 2.95. The van der Waals surface area contributed by atoms with Crippen molar-refractivity contribution in [3.8, 4) is 0 Å². The van der Waals surface area contributed by atoms with E-state index in [1.165, 1.54) is 11.7 Å². The fourth-order valence-electron chi connectivity index (χ4n) is 1.79. The Balaban J connectivity index is 2.12. The highest BCUT2D eigenvalue weighted by Gasteiger charge is 2.63. The minimum absolute atomic E-state index is 0.0246. The molecule has 8 heteroatoms. The number of nitrogens with zero attached hydrogens (tertiary/aromatic N) is 2. The van der Waals surface area contributed by atoms with Gasteiger partial charge in [-0.05, 0) is 12.8 Å². The molecule has 2 rings (SSSR count). The fraction of sp³-hybridized carbons (Fsp3) is 0.600. The Morgan fingerprint density at radius 3 is 2.67 bits per heavy atom.